The highest BCUT2D eigenvalue weighted by Crippen LogP contribution is 2.08. The van der Waals surface area contributed by atoms with Gasteiger partial charge in [-0.2, -0.15) is 11.8 Å². The largest absolute Gasteiger partial charge is 0.363 e. The molecule has 4 heteroatoms. The highest BCUT2D eigenvalue weighted by atomic mass is 32.2. The van der Waals surface area contributed by atoms with Gasteiger partial charge in [0.1, 0.15) is 5.82 Å². The van der Waals surface area contributed by atoms with Crippen molar-refractivity contribution in [3.05, 3.63) is 23.9 Å². The van der Waals surface area contributed by atoms with Gasteiger partial charge in [-0.1, -0.05) is 6.07 Å². The normalized spacial score (nSPS) is 12.5. The van der Waals surface area contributed by atoms with Crippen molar-refractivity contribution in [2.24, 2.45) is 0 Å². The number of hydrogen-bond donors (Lipinski definition) is 1. The maximum Gasteiger partial charge on any atom is 0.127 e. The molecule has 16 heavy (non-hydrogen) atoms. The van der Waals surface area contributed by atoms with E-state index >= 15 is 0 Å². The molecule has 0 bridgehead atoms. The number of pyridine rings is 1. The zero-order valence-electron chi connectivity index (χ0n) is 10.5. The molecule has 0 aliphatic rings. The second-order valence-electron chi connectivity index (χ2n) is 4.16. The van der Waals surface area contributed by atoms with E-state index < -0.39 is 0 Å². The second-order valence-corrected chi connectivity index (χ2v) is 5.07. The van der Waals surface area contributed by atoms with Gasteiger partial charge in [-0.05, 0) is 24.8 Å². The van der Waals surface area contributed by atoms with Crippen LogP contribution in [0.25, 0.3) is 0 Å². The van der Waals surface area contributed by atoms with Crippen LogP contribution in [0.3, 0.4) is 0 Å². The summed E-state index contributed by atoms with van der Waals surface area (Å²) in [7, 11) is 4.00. The van der Waals surface area contributed by atoms with Crippen LogP contribution in [0, 0.1) is 0 Å². The lowest BCUT2D eigenvalue weighted by Crippen LogP contribution is -2.27. The molecule has 0 aliphatic heterocycles. The number of rotatable bonds is 6. The SMILES string of the molecule is CSCC(C)NCc1ccc(N(C)C)nc1. The lowest BCUT2D eigenvalue weighted by Gasteiger charge is -2.14. The molecular formula is C12H21N3S. The van der Waals surface area contributed by atoms with Gasteiger partial charge < -0.3 is 10.2 Å². The van der Waals surface area contributed by atoms with Crippen molar-refractivity contribution in [1.82, 2.24) is 10.3 Å². The smallest absolute Gasteiger partial charge is 0.127 e. The molecule has 0 saturated carbocycles. The van der Waals surface area contributed by atoms with Crippen LogP contribution in [0.2, 0.25) is 0 Å². The Balaban J connectivity index is 2.43. The molecule has 0 amide bonds. The molecule has 1 atom stereocenters. The molecule has 1 unspecified atom stereocenters. The molecule has 3 nitrogen and oxygen atoms in total. The standard InChI is InChI=1S/C12H21N3S/c1-10(9-16-4)13-7-11-5-6-12(14-8-11)15(2)3/h5-6,8,10,13H,7,9H2,1-4H3. The molecule has 0 aliphatic carbocycles. The summed E-state index contributed by atoms with van der Waals surface area (Å²) >= 11 is 1.87. The number of hydrogen-bond acceptors (Lipinski definition) is 4. The van der Waals surface area contributed by atoms with Crippen molar-refractivity contribution < 1.29 is 0 Å². The van der Waals surface area contributed by atoms with Crippen molar-refractivity contribution in [3.63, 3.8) is 0 Å². The molecule has 1 aromatic rings. The molecular weight excluding hydrogens is 218 g/mol. The number of nitrogens with zero attached hydrogens (tertiary/aromatic N) is 2. The van der Waals surface area contributed by atoms with Crippen LogP contribution < -0.4 is 10.2 Å². The van der Waals surface area contributed by atoms with Crippen molar-refractivity contribution in [1.29, 1.82) is 0 Å². The van der Waals surface area contributed by atoms with Gasteiger partial charge in [0.2, 0.25) is 0 Å². The first kappa shape index (κ1) is 13.3. The van der Waals surface area contributed by atoms with Gasteiger partial charge in [0.15, 0.2) is 0 Å². The number of aromatic nitrogens is 1. The van der Waals surface area contributed by atoms with Crippen LogP contribution in [0.4, 0.5) is 5.82 Å². The molecule has 1 aromatic heterocycles. The van der Waals surface area contributed by atoms with Gasteiger partial charge in [0.05, 0.1) is 0 Å². The van der Waals surface area contributed by atoms with E-state index in [2.05, 4.69) is 35.6 Å². The highest BCUT2D eigenvalue weighted by Gasteiger charge is 2.01. The van der Waals surface area contributed by atoms with Crippen LogP contribution in [0.1, 0.15) is 12.5 Å². The third-order valence-electron chi connectivity index (χ3n) is 2.34. The van der Waals surface area contributed by atoms with Crippen molar-refractivity contribution >= 4 is 17.6 Å². The fraction of sp³-hybridized carbons (Fsp3) is 0.583. The molecule has 90 valence electrons. The summed E-state index contributed by atoms with van der Waals surface area (Å²) in [6.07, 6.45) is 4.07. The van der Waals surface area contributed by atoms with E-state index in [4.69, 9.17) is 0 Å². The van der Waals surface area contributed by atoms with Crippen LogP contribution >= 0.6 is 11.8 Å². The Bertz CT molecular complexity index is 298. The van der Waals surface area contributed by atoms with Gasteiger partial charge in [-0.25, -0.2) is 4.98 Å². The molecule has 0 fully saturated rings. The molecule has 1 N–H and O–H groups in total. The summed E-state index contributed by atoms with van der Waals surface area (Å²) in [6.45, 7) is 3.10. The zero-order chi connectivity index (χ0) is 12.0. The van der Waals surface area contributed by atoms with Crippen LogP contribution in [0.15, 0.2) is 18.3 Å². The molecule has 0 radical (unpaired) electrons. The van der Waals surface area contributed by atoms with Gasteiger partial charge >= 0.3 is 0 Å². The monoisotopic (exact) mass is 239 g/mol. The average molecular weight is 239 g/mol. The highest BCUT2D eigenvalue weighted by molar-refractivity contribution is 7.98. The lowest BCUT2D eigenvalue weighted by molar-refractivity contribution is 0.595. The van der Waals surface area contributed by atoms with Gasteiger partial charge in [-0.3, -0.25) is 0 Å². The summed E-state index contributed by atoms with van der Waals surface area (Å²) in [6, 6.07) is 4.72. The minimum absolute atomic E-state index is 0.545. The van der Waals surface area contributed by atoms with Crippen LogP contribution in [-0.2, 0) is 6.54 Å². The summed E-state index contributed by atoms with van der Waals surface area (Å²) in [5.41, 5.74) is 1.23. The molecule has 1 heterocycles. The number of thioether (sulfide) groups is 1. The fourth-order valence-electron chi connectivity index (χ4n) is 1.39. The van der Waals surface area contributed by atoms with Crippen molar-refractivity contribution in [3.8, 4) is 0 Å². The third kappa shape index (κ3) is 4.41. The van der Waals surface area contributed by atoms with Crippen LogP contribution in [0.5, 0.6) is 0 Å². The Kier molecular flexibility index (Phi) is 5.63. The second kappa shape index (κ2) is 6.76. The number of anilines is 1. The van der Waals surface area contributed by atoms with E-state index in [1.807, 2.05) is 37.0 Å². The molecule has 1 rings (SSSR count). The lowest BCUT2D eigenvalue weighted by atomic mass is 10.2. The Morgan fingerprint density at radius 3 is 2.69 bits per heavy atom. The van der Waals surface area contributed by atoms with E-state index in [9.17, 15) is 0 Å². The zero-order valence-corrected chi connectivity index (χ0v) is 11.3. The van der Waals surface area contributed by atoms with Crippen molar-refractivity contribution in [2.75, 3.05) is 31.0 Å². The first-order valence-electron chi connectivity index (χ1n) is 5.48. The maximum atomic E-state index is 4.38. The first-order valence-corrected chi connectivity index (χ1v) is 6.87. The Hall–Kier alpha value is -0.740. The van der Waals surface area contributed by atoms with Gasteiger partial charge in [0.25, 0.3) is 0 Å². The number of nitrogens with one attached hydrogen (secondary N) is 1. The summed E-state index contributed by atoms with van der Waals surface area (Å²) in [5, 5.41) is 3.47. The summed E-state index contributed by atoms with van der Waals surface area (Å²) in [4.78, 5) is 6.39. The Morgan fingerprint density at radius 2 is 2.19 bits per heavy atom. The van der Waals surface area contributed by atoms with Gasteiger partial charge in [-0.15, -0.1) is 0 Å². The minimum atomic E-state index is 0.545. The third-order valence-corrected chi connectivity index (χ3v) is 3.17. The van der Waals surface area contributed by atoms with E-state index in [0.717, 1.165) is 18.1 Å². The van der Waals surface area contributed by atoms with E-state index in [1.165, 1.54) is 5.56 Å². The predicted octanol–water partition coefficient (Wildman–Crippen LogP) is 1.99. The van der Waals surface area contributed by atoms with Crippen LogP contribution in [-0.4, -0.2) is 37.1 Å². The topological polar surface area (TPSA) is 28.2 Å². The Labute approximate surface area is 103 Å². The minimum Gasteiger partial charge on any atom is -0.363 e. The average Bonchev–Trinajstić information content (AvgIpc) is 2.27. The maximum absolute atomic E-state index is 4.38. The summed E-state index contributed by atoms with van der Waals surface area (Å²) in [5.74, 6) is 2.14. The Morgan fingerprint density at radius 1 is 1.44 bits per heavy atom. The molecule has 0 spiro atoms. The summed E-state index contributed by atoms with van der Waals surface area (Å²) < 4.78 is 0. The van der Waals surface area contributed by atoms with E-state index in [1.54, 1.807) is 0 Å². The molecule has 0 aromatic carbocycles. The van der Waals surface area contributed by atoms with Gasteiger partial charge in [0, 0.05) is 38.6 Å². The van der Waals surface area contributed by atoms with E-state index in [0.29, 0.717) is 6.04 Å². The first-order chi connectivity index (χ1) is 7.63. The van der Waals surface area contributed by atoms with Crippen molar-refractivity contribution in [2.45, 2.75) is 19.5 Å². The molecule has 0 saturated heterocycles. The fourth-order valence-corrected chi connectivity index (χ4v) is 2.00. The quantitative estimate of drug-likeness (QED) is 0.822. The van der Waals surface area contributed by atoms with E-state index in [-0.39, 0.29) is 0 Å². The predicted molar refractivity (Wildman–Crippen MR) is 73.2 cm³/mol.